The van der Waals surface area contributed by atoms with E-state index in [2.05, 4.69) is 9.97 Å². The quantitative estimate of drug-likeness (QED) is 0.751. The molecule has 0 fully saturated rings. The molecule has 0 aliphatic carbocycles. The number of nitrogens with zero attached hydrogens (tertiary/aromatic N) is 1. The highest BCUT2D eigenvalue weighted by Gasteiger charge is 2.01. The minimum Gasteiger partial charge on any atom is -0.321 e. The second-order valence-electron chi connectivity index (χ2n) is 2.80. The van der Waals surface area contributed by atoms with Gasteiger partial charge in [0.1, 0.15) is 0 Å². The number of H-pyrrole nitrogens is 1. The first kappa shape index (κ1) is 8.68. The Hall–Kier alpha value is -0.910. The van der Waals surface area contributed by atoms with Crippen LogP contribution in [0.2, 0.25) is 0 Å². The molecule has 0 aliphatic rings. The Labute approximate surface area is 88.3 Å². The van der Waals surface area contributed by atoms with Crippen molar-refractivity contribution in [1.29, 1.82) is 0 Å². The number of halogens is 1. The zero-order valence-corrected chi connectivity index (χ0v) is 9.12. The van der Waals surface area contributed by atoms with E-state index in [9.17, 15) is 4.79 Å². The van der Waals surface area contributed by atoms with Crippen LogP contribution in [-0.4, -0.2) is 9.97 Å². The largest absolute Gasteiger partial charge is 0.321 e. The maximum absolute atomic E-state index is 11.3. The number of rotatable bonds is 0. The lowest BCUT2D eigenvalue weighted by Crippen LogP contribution is -2.09. The van der Waals surface area contributed by atoms with Crippen LogP contribution < -0.4 is 5.56 Å². The van der Waals surface area contributed by atoms with Crippen LogP contribution in [0.5, 0.6) is 0 Å². The molecule has 1 N–H and O–H groups in total. The molecule has 0 radical (unpaired) electrons. The molecule has 0 unspecified atom stereocenters. The minimum atomic E-state index is -0.0429. The number of pyridine rings is 2. The molecular formula is C9H7IN2O. The van der Waals surface area contributed by atoms with Crippen LogP contribution >= 0.6 is 22.6 Å². The van der Waals surface area contributed by atoms with Crippen molar-refractivity contribution in [2.75, 3.05) is 0 Å². The van der Waals surface area contributed by atoms with Crippen LogP contribution in [0.1, 0.15) is 5.69 Å². The molecule has 2 aromatic heterocycles. The van der Waals surface area contributed by atoms with Gasteiger partial charge in [0.15, 0.2) is 0 Å². The molecule has 3 nitrogen and oxygen atoms in total. The van der Waals surface area contributed by atoms with Gasteiger partial charge in [-0.25, -0.2) is 0 Å². The van der Waals surface area contributed by atoms with Crippen LogP contribution in [-0.2, 0) is 0 Å². The van der Waals surface area contributed by atoms with Crippen molar-refractivity contribution in [3.05, 3.63) is 37.9 Å². The van der Waals surface area contributed by atoms with E-state index in [-0.39, 0.29) is 5.56 Å². The highest BCUT2D eigenvalue weighted by Crippen LogP contribution is 2.13. The van der Waals surface area contributed by atoms with E-state index in [4.69, 9.17) is 0 Å². The van der Waals surface area contributed by atoms with Gasteiger partial charge in [-0.1, -0.05) is 0 Å². The number of aromatic amines is 1. The predicted octanol–water partition coefficient (Wildman–Crippen LogP) is 1.84. The van der Waals surface area contributed by atoms with Gasteiger partial charge in [0.05, 0.1) is 9.09 Å². The number of hydrogen-bond acceptors (Lipinski definition) is 2. The summed E-state index contributed by atoms with van der Waals surface area (Å²) in [5, 5.41) is 1.01. The van der Waals surface area contributed by atoms with Gasteiger partial charge in [-0.3, -0.25) is 9.78 Å². The number of aryl methyl sites for hydroxylation is 1. The Bertz CT molecular complexity index is 518. The van der Waals surface area contributed by atoms with Crippen LogP contribution in [0.15, 0.2) is 23.1 Å². The fraction of sp³-hybridized carbons (Fsp3) is 0.111. The lowest BCUT2D eigenvalue weighted by atomic mass is 10.2. The lowest BCUT2D eigenvalue weighted by molar-refractivity contribution is 1.20. The van der Waals surface area contributed by atoms with Crippen molar-refractivity contribution in [2.24, 2.45) is 0 Å². The average molecular weight is 286 g/mol. The van der Waals surface area contributed by atoms with E-state index in [1.54, 1.807) is 12.3 Å². The van der Waals surface area contributed by atoms with E-state index in [1.807, 2.05) is 35.6 Å². The molecule has 2 rings (SSSR count). The zero-order chi connectivity index (χ0) is 9.42. The van der Waals surface area contributed by atoms with Crippen molar-refractivity contribution in [3.8, 4) is 0 Å². The minimum absolute atomic E-state index is 0.0429. The fourth-order valence-electron chi connectivity index (χ4n) is 1.24. The normalized spacial score (nSPS) is 10.6. The Morgan fingerprint density at radius 1 is 1.54 bits per heavy atom. The first-order valence-electron chi connectivity index (χ1n) is 3.82. The highest BCUT2D eigenvalue weighted by molar-refractivity contribution is 14.1. The summed E-state index contributed by atoms with van der Waals surface area (Å²) in [5.74, 6) is 0. The third-order valence-electron chi connectivity index (χ3n) is 1.93. The summed E-state index contributed by atoms with van der Waals surface area (Å²) < 4.78 is 0.696. The van der Waals surface area contributed by atoms with Gasteiger partial charge in [0.2, 0.25) is 0 Å². The van der Waals surface area contributed by atoms with Crippen LogP contribution in [0, 0.1) is 10.5 Å². The van der Waals surface area contributed by atoms with E-state index in [0.717, 1.165) is 16.6 Å². The Kier molecular flexibility index (Phi) is 2.07. The molecule has 0 amide bonds. The van der Waals surface area contributed by atoms with Crippen molar-refractivity contribution in [2.45, 2.75) is 6.92 Å². The number of nitrogens with one attached hydrogen (secondary N) is 1. The van der Waals surface area contributed by atoms with Gasteiger partial charge in [0, 0.05) is 17.3 Å². The Morgan fingerprint density at radius 3 is 3.08 bits per heavy atom. The Morgan fingerprint density at radius 2 is 2.31 bits per heavy atom. The first-order chi connectivity index (χ1) is 6.18. The van der Waals surface area contributed by atoms with E-state index in [1.165, 1.54) is 0 Å². The zero-order valence-electron chi connectivity index (χ0n) is 6.97. The first-order valence-corrected chi connectivity index (χ1v) is 4.90. The van der Waals surface area contributed by atoms with Gasteiger partial charge in [0.25, 0.3) is 5.56 Å². The van der Waals surface area contributed by atoms with E-state index >= 15 is 0 Å². The average Bonchev–Trinajstić information content (AvgIpc) is 2.09. The van der Waals surface area contributed by atoms with Gasteiger partial charge < -0.3 is 4.98 Å². The second kappa shape index (κ2) is 3.10. The summed E-state index contributed by atoms with van der Waals surface area (Å²) >= 11 is 2.02. The number of aromatic nitrogens is 2. The highest BCUT2D eigenvalue weighted by atomic mass is 127. The molecule has 0 saturated heterocycles. The summed E-state index contributed by atoms with van der Waals surface area (Å²) in [6.45, 7) is 1.93. The lowest BCUT2D eigenvalue weighted by Gasteiger charge is -2.00. The molecule has 2 heterocycles. The second-order valence-corrected chi connectivity index (χ2v) is 3.97. The van der Waals surface area contributed by atoms with Crippen LogP contribution in [0.3, 0.4) is 0 Å². The topological polar surface area (TPSA) is 45.8 Å². The molecule has 0 atom stereocenters. The summed E-state index contributed by atoms with van der Waals surface area (Å²) in [4.78, 5) is 18.2. The summed E-state index contributed by atoms with van der Waals surface area (Å²) in [6, 6.07) is 3.66. The molecule has 0 spiro atoms. The molecule has 0 aromatic carbocycles. The van der Waals surface area contributed by atoms with E-state index < -0.39 is 0 Å². The number of hydrogen-bond donors (Lipinski definition) is 1. The standard InChI is InChI=1S/C9H7IN2O/c1-5-6-4-7(10)9(13)12-8(6)2-3-11-5/h2-4H,1H3,(H,12,13). The molecule has 13 heavy (non-hydrogen) atoms. The van der Waals surface area contributed by atoms with E-state index in [0.29, 0.717) is 3.57 Å². The third kappa shape index (κ3) is 1.46. The molecule has 4 heteroatoms. The van der Waals surface area contributed by atoms with Gasteiger partial charge >= 0.3 is 0 Å². The summed E-state index contributed by atoms with van der Waals surface area (Å²) in [6.07, 6.45) is 1.69. The molecule has 66 valence electrons. The maximum atomic E-state index is 11.3. The van der Waals surface area contributed by atoms with Crippen LogP contribution in [0.4, 0.5) is 0 Å². The van der Waals surface area contributed by atoms with Crippen molar-refractivity contribution in [1.82, 2.24) is 9.97 Å². The summed E-state index contributed by atoms with van der Waals surface area (Å²) in [7, 11) is 0. The third-order valence-corrected chi connectivity index (χ3v) is 2.73. The summed E-state index contributed by atoms with van der Waals surface area (Å²) in [5.41, 5.74) is 1.74. The Balaban J connectivity index is 2.97. The predicted molar refractivity (Wildman–Crippen MR) is 59.8 cm³/mol. The smallest absolute Gasteiger partial charge is 0.261 e. The van der Waals surface area contributed by atoms with Gasteiger partial charge in [-0.05, 0) is 41.6 Å². The van der Waals surface area contributed by atoms with Gasteiger partial charge in [-0.2, -0.15) is 0 Å². The van der Waals surface area contributed by atoms with Crippen molar-refractivity contribution < 1.29 is 0 Å². The monoisotopic (exact) mass is 286 g/mol. The van der Waals surface area contributed by atoms with Crippen molar-refractivity contribution >= 4 is 33.5 Å². The molecule has 0 saturated carbocycles. The SMILES string of the molecule is Cc1nccc2[nH]c(=O)c(I)cc12. The van der Waals surface area contributed by atoms with Crippen molar-refractivity contribution in [3.63, 3.8) is 0 Å². The molecule has 0 aliphatic heterocycles. The number of fused-ring (bicyclic) bond motifs is 1. The molecule has 2 aromatic rings. The molecule has 0 bridgehead atoms. The fourth-order valence-corrected chi connectivity index (χ4v) is 1.69. The van der Waals surface area contributed by atoms with Gasteiger partial charge in [-0.15, -0.1) is 0 Å². The maximum Gasteiger partial charge on any atom is 0.261 e. The van der Waals surface area contributed by atoms with Crippen LogP contribution in [0.25, 0.3) is 10.9 Å². The molecular weight excluding hydrogens is 279 g/mol.